The van der Waals surface area contributed by atoms with E-state index in [1.807, 2.05) is 18.8 Å². The van der Waals surface area contributed by atoms with Gasteiger partial charge in [-0.05, 0) is 25.7 Å². The maximum atomic E-state index is 4.46. The van der Waals surface area contributed by atoms with Crippen molar-refractivity contribution in [3.63, 3.8) is 0 Å². The number of rotatable bonds is 8. The first kappa shape index (κ1) is 19.5. The van der Waals surface area contributed by atoms with Crippen LogP contribution in [0, 0.1) is 19.3 Å². The van der Waals surface area contributed by atoms with Gasteiger partial charge in [0.05, 0.1) is 5.69 Å². The van der Waals surface area contributed by atoms with Gasteiger partial charge in [-0.1, -0.05) is 40.0 Å². The Balaban J connectivity index is 2.49. The molecule has 0 saturated heterocycles. The Morgan fingerprint density at radius 2 is 1.91 bits per heavy atom. The van der Waals surface area contributed by atoms with Crippen molar-refractivity contribution in [2.45, 2.75) is 66.8 Å². The van der Waals surface area contributed by atoms with Gasteiger partial charge in [0.2, 0.25) is 0 Å². The fraction of sp³-hybridized carbons (Fsp3) is 0.778. The van der Waals surface area contributed by atoms with Crippen LogP contribution >= 0.6 is 0 Å². The van der Waals surface area contributed by atoms with Crippen LogP contribution in [0.2, 0.25) is 0 Å². The molecule has 0 aromatic carbocycles. The summed E-state index contributed by atoms with van der Waals surface area (Å²) in [4.78, 5) is 4.34. The lowest BCUT2D eigenvalue weighted by atomic mass is 9.87. The number of nitrogens with one attached hydrogen (secondary N) is 2. The summed E-state index contributed by atoms with van der Waals surface area (Å²) in [6.45, 7) is 12.7. The van der Waals surface area contributed by atoms with E-state index in [0.29, 0.717) is 0 Å². The SMILES string of the molecule is CCCCCC(C)(C)CNC(=NC)NCc1c(C)nn(C)c1C. The van der Waals surface area contributed by atoms with Crippen LogP contribution in [0.15, 0.2) is 4.99 Å². The van der Waals surface area contributed by atoms with Crippen molar-refractivity contribution in [3.05, 3.63) is 17.0 Å². The molecule has 0 aliphatic rings. The van der Waals surface area contributed by atoms with Crippen LogP contribution in [0.3, 0.4) is 0 Å². The predicted molar refractivity (Wildman–Crippen MR) is 98.8 cm³/mol. The molecule has 0 aliphatic heterocycles. The van der Waals surface area contributed by atoms with Crippen LogP contribution in [0.5, 0.6) is 0 Å². The van der Waals surface area contributed by atoms with E-state index in [9.17, 15) is 0 Å². The predicted octanol–water partition coefficient (Wildman–Crippen LogP) is 3.31. The fourth-order valence-electron chi connectivity index (χ4n) is 2.73. The number of aromatic nitrogens is 2. The molecule has 0 saturated carbocycles. The molecule has 5 heteroatoms. The van der Waals surface area contributed by atoms with Gasteiger partial charge < -0.3 is 10.6 Å². The van der Waals surface area contributed by atoms with Crippen LogP contribution in [0.1, 0.15) is 63.4 Å². The zero-order valence-electron chi connectivity index (χ0n) is 16.1. The molecule has 0 atom stereocenters. The molecule has 0 radical (unpaired) electrons. The Labute approximate surface area is 142 Å². The molecule has 0 fully saturated rings. The van der Waals surface area contributed by atoms with Crippen LogP contribution in [-0.4, -0.2) is 29.3 Å². The molecule has 1 aromatic rings. The van der Waals surface area contributed by atoms with Gasteiger partial charge >= 0.3 is 0 Å². The second-order valence-electron chi connectivity index (χ2n) is 7.17. The van der Waals surface area contributed by atoms with E-state index in [0.717, 1.165) is 24.7 Å². The van der Waals surface area contributed by atoms with Crippen LogP contribution < -0.4 is 10.6 Å². The highest BCUT2D eigenvalue weighted by atomic mass is 15.3. The van der Waals surface area contributed by atoms with Crippen molar-refractivity contribution < 1.29 is 0 Å². The summed E-state index contributed by atoms with van der Waals surface area (Å²) in [5.74, 6) is 0.858. The topological polar surface area (TPSA) is 54.2 Å². The third kappa shape index (κ3) is 6.24. The Morgan fingerprint density at radius 3 is 2.43 bits per heavy atom. The quantitative estimate of drug-likeness (QED) is 0.439. The highest BCUT2D eigenvalue weighted by Gasteiger charge is 2.18. The van der Waals surface area contributed by atoms with Crippen molar-refractivity contribution in [2.24, 2.45) is 17.5 Å². The molecule has 132 valence electrons. The fourth-order valence-corrected chi connectivity index (χ4v) is 2.73. The van der Waals surface area contributed by atoms with Crippen LogP contribution in [0.4, 0.5) is 0 Å². The summed E-state index contributed by atoms with van der Waals surface area (Å²) in [6.07, 6.45) is 5.13. The average Bonchev–Trinajstić information content (AvgIpc) is 2.73. The number of hydrogen-bond donors (Lipinski definition) is 2. The van der Waals surface area contributed by atoms with E-state index in [1.54, 1.807) is 0 Å². The molecule has 2 N–H and O–H groups in total. The number of unbranched alkanes of at least 4 members (excludes halogenated alkanes) is 2. The van der Waals surface area contributed by atoms with Gasteiger partial charge in [0, 0.05) is 38.4 Å². The third-order valence-electron chi connectivity index (χ3n) is 4.51. The standard InChI is InChI=1S/C18H35N5/c1-8-9-10-11-18(4,5)13-21-17(19-6)20-12-16-14(2)22-23(7)15(16)3/h8-13H2,1-7H3,(H2,19,20,21). The molecule has 0 spiro atoms. The molecule has 1 heterocycles. The van der Waals surface area contributed by atoms with Crippen molar-refractivity contribution in [2.75, 3.05) is 13.6 Å². The van der Waals surface area contributed by atoms with Gasteiger partial charge in [-0.2, -0.15) is 5.10 Å². The summed E-state index contributed by atoms with van der Waals surface area (Å²) in [5, 5.41) is 11.3. The summed E-state index contributed by atoms with van der Waals surface area (Å²) in [7, 11) is 3.81. The van der Waals surface area contributed by atoms with E-state index in [1.165, 1.54) is 36.9 Å². The molecular formula is C18H35N5. The Hall–Kier alpha value is -1.52. The van der Waals surface area contributed by atoms with Gasteiger partial charge in [-0.25, -0.2) is 0 Å². The van der Waals surface area contributed by atoms with Crippen molar-refractivity contribution in [3.8, 4) is 0 Å². The highest BCUT2D eigenvalue weighted by molar-refractivity contribution is 5.79. The normalized spacial score (nSPS) is 12.6. The summed E-state index contributed by atoms with van der Waals surface area (Å²) < 4.78 is 1.93. The molecule has 0 bridgehead atoms. The second-order valence-corrected chi connectivity index (χ2v) is 7.17. The minimum absolute atomic E-state index is 0.285. The zero-order valence-corrected chi connectivity index (χ0v) is 16.1. The Kier molecular flexibility index (Phi) is 7.59. The van der Waals surface area contributed by atoms with E-state index >= 15 is 0 Å². The first-order valence-corrected chi connectivity index (χ1v) is 8.74. The monoisotopic (exact) mass is 321 g/mol. The largest absolute Gasteiger partial charge is 0.356 e. The van der Waals surface area contributed by atoms with Gasteiger partial charge in [0.1, 0.15) is 0 Å². The van der Waals surface area contributed by atoms with Gasteiger partial charge in [0.25, 0.3) is 0 Å². The molecule has 23 heavy (non-hydrogen) atoms. The lowest BCUT2D eigenvalue weighted by molar-refractivity contribution is 0.318. The van der Waals surface area contributed by atoms with Crippen molar-refractivity contribution in [1.82, 2.24) is 20.4 Å². The highest BCUT2D eigenvalue weighted by Crippen LogP contribution is 2.22. The Morgan fingerprint density at radius 1 is 1.22 bits per heavy atom. The molecule has 1 rings (SSSR count). The smallest absolute Gasteiger partial charge is 0.191 e. The molecule has 0 aliphatic carbocycles. The summed E-state index contributed by atoms with van der Waals surface area (Å²) >= 11 is 0. The maximum absolute atomic E-state index is 4.46. The van der Waals surface area contributed by atoms with E-state index < -0.39 is 0 Å². The van der Waals surface area contributed by atoms with Crippen molar-refractivity contribution in [1.29, 1.82) is 0 Å². The number of hydrogen-bond acceptors (Lipinski definition) is 2. The molecule has 0 amide bonds. The van der Waals surface area contributed by atoms with Crippen LogP contribution in [0.25, 0.3) is 0 Å². The van der Waals surface area contributed by atoms with E-state index in [4.69, 9.17) is 0 Å². The molecule has 1 aromatic heterocycles. The lowest BCUT2D eigenvalue weighted by Gasteiger charge is -2.26. The average molecular weight is 322 g/mol. The first-order valence-electron chi connectivity index (χ1n) is 8.74. The van der Waals surface area contributed by atoms with Gasteiger partial charge in [-0.15, -0.1) is 0 Å². The van der Waals surface area contributed by atoms with Gasteiger partial charge in [-0.3, -0.25) is 9.67 Å². The zero-order chi connectivity index (χ0) is 17.5. The maximum Gasteiger partial charge on any atom is 0.191 e. The van der Waals surface area contributed by atoms with E-state index in [-0.39, 0.29) is 5.41 Å². The molecule has 0 unspecified atom stereocenters. The summed E-state index contributed by atoms with van der Waals surface area (Å²) in [6, 6.07) is 0. The Bertz CT molecular complexity index is 514. The number of nitrogens with zero attached hydrogens (tertiary/aromatic N) is 3. The lowest BCUT2D eigenvalue weighted by Crippen LogP contribution is -2.41. The van der Waals surface area contributed by atoms with Crippen molar-refractivity contribution >= 4 is 5.96 Å². The minimum atomic E-state index is 0.285. The first-order chi connectivity index (χ1) is 10.8. The second kappa shape index (κ2) is 8.94. The van der Waals surface area contributed by atoms with E-state index in [2.05, 4.69) is 55.3 Å². The number of aliphatic imine (C=N–C) groups is 1. The summed E-state index contributed by atoms with van der Waals surface area (Å²) in [5.41, 5.74) is 3.81. The number of guanidine groups is 1. The molecule has 5 nitrogen and oxygen atoms in total. The number of aryl methyl sites for hydroxylation is 2. The van der Waals surface area contributed by atoms with Gasteiger partial charge in [0.15, 0.2) is 5.96 Å². The molecular weight excluding hydrogens is 286 g/mol. The minimum Gasteiger partial charge on any atom is -0.356 e. The third-order valence-corrected chi connectivity index (χ3v) is 4.51. The van der Waals surface area contributed by atoms with Crippen LogP contribution in [-0.2, 0) is 13.6 Å².